The summed E-state index contributed by atoms with van der Waals surface area (Å²) in [6.45, 7) is 4.20. The fourth-order valence-corrected chi connectivity index (χ4v) is 6.38. The van der Waals surface area contributed by atoms with Crippen LogP contribution in [0.4, 0.5) is 5.13 Å². The summed E-state index contributed by atoms with van der Waals surface area (Å²) < 4.78 is 13.5. The van der Waals surface area contributed by atoms with Gasteiger partial charge in [-0.1, -0.05) is 11.6 Å². The molecule has 1 atom stereocenters. The normalized spacial score (nSPS) is 17.5. The largest absolute Gasteiger partial charge is 0.493 e. The third-order valence-corrected chi connectivity index (χ3v) is 7.82. The Balaban J connectivity index is 1.38. The van der Waals surface area contributed by atoms with Crippen LogP contribution in [0.25, 0.3) is 22.2 Å². The van der Waals surface area contributed by atoms with Gasteiger partial charge in [-0.2, -0.15) is 0 Å². The molecule has 0 saturated heterocycles. The predicted octanol–water partition coefficient (Wildman–Crippen LogP) is 5.99. The number of rotatable bonds is 4. The second kappa shape index (κ2) is 7.55. The molecule has 32 heavy (non-hydrogen) atoms. The molecule has 0 N–H and O–H groups in total. The van der Waals surface area contributed by atoms with Crippen molar-refractivity contribution in [1.29, 1.82) is 0 Å². The van der Waals surface area contributed by atoms with Crippen molar-refractivity contribution >= 4 is 27.4 Å². The van der Waals surface area contributed by atoms with Gasteiger partial charge in [0.1, 0.15) is 0 Å². The van der Waals surface area contributed by atoms with Crippen LogP contribution in [0, 0.1) is 6.92 Å². The molecule has 2 aromatic carbocycles. The number of methoxy groups -OCH3 is 2. The minimum Gasteiger partial charge on any atom is -0.493 e. The molecule has 0 unspecified atom stereocenters. The van der Waals surface area contributed by atoms with Gasteiger partial charge in [-0.3, -0.25) is 0 Å². The van der Waals surface area contributed by atoms with E-state index in [1.165, 1.54) is 41.4 Å². The Labute approximate surface area is 192 Å². The van der Waals surface area contributed by atoms with Crippen molar-refractivity contribution in [2.24, 2.45) is 0 Å². The molecule has 2 aromatic heterocycles. The summed E-state index contributed by atoms with van der Waals surface area (Å²) in [5.74, 6) is 1.47. The first-order chi connectivity index (χ1) is 15.7. The predicted molar refractivity (Wildman–Crippen MR) is 130 cm³/mol. The summed E-state index contributed by atoms with van der Waals surface area (Å²) in [6.07, 6.45) is 3.60. The quantitative estimate of drug-likeness (QED) is 0.387. The van der Waals surface area contributed by atoms with Gasteiger partial charge in [0, 0.05) is 40.6 Å². The summed E-state index contributed by atoms with van der Waals surface area (Å²) >= 11 is 1.74. The van der Waals surface area contributed by atoms with E-state index in [9.17, 15) is 0 Å². The maximum absolute atomic E-state index is 5.49. The first kappa shape index (κ1) is 19.7. The van der Waals surface area contributed by atoms with Crippen LogP contribution in [0.2, 0.25) is 0 Å². The van der Waals surface area contributed by atoms with Gasteiger partial charge in [0.2, 0.25) is 0 Å². The van der Waals surface area contributed by atoms with Crippen molar-refractivity contribution in [1.82, 2.24) is 9.55 Å². The van der Waals surface area contributed by atoms with Crippen molar-refractivity contribution in [3.8, 4) is 22.8 Å². The summed E-state index contributed by atoms with van der Waals surface area (Å²) in [6, 6.07) is 13.3. The average molecular weight is 446 g/mol. The zero-order chi connectivity index (χ0) is 21.8. The van der Waals surface area contributed by atoms with E-state index >= 15 is 0 Å². The third-order valence-electron chi connectivity index (χ3n) is 6.95. The van der Waals surface area contributed by atoms with Gasteiger partial charge in [0.05, 0.1) is 26.0 Å². The zero-order valence-electron chi connectivity index (χ0n) is 18.7. The van der Waals surface area contributed by atoms with Crippen LogP contribution < -0.4 is 14.4 Å². The SMILES string of the molecule is COc1ccc(-c2csc(N3CCn4c5c(c6cc(C)ccc64)CCC[C@H]53)n2)cc1OC. The number of aryl methyl sites for hydroxylation is 2. The van der Waals surface area contributed by atoms with Crippen molar-refractivity contribution in [3.63, 3.8) is 0 Å². The highest BCUT2D eigenvalue weighted by Gasteiger charge is 2.36. The summed E-state index contributed by atoms with van der Waals surface area (Å²) in [4.78, 5) is 7.61. The van der Waals surface area contributed by atoms with Gasteiger partial charge in [-0.25, -0.2) is 4.98 Å². The Hall–Kier alpha value is -2.99. The van der Waals surface area contributed by atoms with Gasteiger partial charge in [-0.15, -0.1) is 11.3 Å². The molecule has 6 rings (SSSR count). The molecule has 3 heterocycles. The Bertz CT molecular complexity index is 1320. The molecule has 164 valence electrons. The van der Waals surface area contributed by atoms with Crippen LogP contribution in [0.1, 0.15) is 35.7 Å². The number of nitrogens with zero attached hydrogens (tertiary/aromatic N) is 3. The average Bonchev–Trinajstić information content (AvgIpc) is 3.44. The number of hydrogen-bond acceptors (Lipinski definition) is 5. The molecule has 1 aliphatic carbocycles. The molecule has 6 heteroatoms. The Morgan fingerprint density at radius 2 is 1.91 bits per heavy atom. The van der Waals surface area contributed by atoms with Crippen LogP contribution in [0.5, 0.6) is 11.5 Å². The second-order valence-corrected chi connectivity index (χ2v) is 9.56. The minimum atomic E-state index is 0.407. The lowest BCUT2D eigenvalue weighted by molar-refractivity contribution is 0.355. The molecular weight excluding hydrogens is 418 g/mol. The van der Waals surface area contributed by atoms with E-state index in [1.54, 1.807) is 31.1 Å². The van der Waals surface area contributed by atoms with Gasteiger partial charge in [-0.05, 0) is 62.1 Å². The van der Waals surface area contributed by atoms with E-state index in [0.29, 0.717) is 6.04 Å². The molecule has 0 bridgehead atoms. The monoisotopic (exact) mass is 445 g/mol. The molecular formula is C26H27N3O2S. The first-order valence-electron chi connectivity index (χ1n) is 11.2. The minimum absolute atomic E-state index is 0.407. The van der Waals surface area contributed by atoms with E-state index in [0.717, 1.165) is 41.0 Å². The van der Waals surface area contributed by atoms with Gasteiger partial charge < -0.3 is 18.9 Å². The Morgan fingerprint density at radius 3 is 2.75 bits per heavy atom. The Morgan fingerprint density at radius 1 is 1.03 bits per heavy atom. The van der Waals surface area contributed by atoms with Crippen LogP contribution in [0.3, 0.4) is 0 Å². The summed E-state index contributed by atoms with van der Waals surface area (Å²) in [7, 11) is 3.33. The lowest BCUT2D eigenvalue weighted by Gasteiger charge is -2.39. The van der Waals surface area contributed by atoms with E-state index in [2.05, 4.69) is 46.0 Å². The van der Waals surface area contributed by atoms with Crippen molar-refractivity contribution < 1.29 is 9.47 Å². The first-order valence-corrected chi connectivity index (χ1v) is 12.1. The highest BCUT2D eigenvalue weighted by molar-refractivity contribution is 7.14. The van der Waals surface area contributed by atoms with Gasteiger partial charge in [0.15, 0.2) is 16.6 Å². The topological polar surface area (TPSA) is 39.5 Å². The summed E-state index contributed by atoms with van der Waals surface area (Å²) in [5.41, 5.74) is 7.86. The summed E-state index contributed by atoms with van der Waals surface area (Å²) in [5, 5.41) is 4.73. The van der Waals surface area contributed by atoms with E-state index in [-0.39, 0.29) is 0 Å². The molecule has 2 aliphatic rings. The molecule has 5 nitrogen and oxygen atoms in total. The number of aromatic nitrogens is 2. The number of fused-ring (bicyclic) bond motifs is 3. The van der Waals surface area contributed by atoms with Crippen LogP contribution in [-0.4, -0.2) is 30.3 Å². The number of thiazole rings is 1. The van der Waals surface area contributed by atoms with E-state index in [1.807, 2.05) is 12.1 Å². The smallest absolute Gasteiger partial charge is 0.186 e. The number of anilines is 1. The fraction of sp³-hybridized carbons (Fsp3) is 0.346. The van der Waals surface area contributed by atoms with Crippen molar-refractivity contribution in [3.05, 3.63) is 58.6 Å². The molecule has 1 aliphatic heterocycles. The molecule has 4 aromatic rings. The maximum atomic E-state index is 5.49. The molecule has 0 fully saturated rings. The van der Waals surface area contributed by atoms with E-state index in [4.69, 9.17) is 14.5 Å². The molecule has 0 radical (unpaired) electrons. The lowest BCUT2D eigenvalue weighted by Crippen LogP contribution is -2.39. The Kier molecular flexibility index (Phi) is 4.65. The van der Waals surface area contributed by atoms with Crippen molar-refractivity contribution in [2.45, 2.75) is 38.8 Å². The standard InChI is InChI=1S/C26H27N3O2S/c1-16-7-9-21-19(13-16)18-5-4-6-22-25(18)28(21)11-12-29(22)26-27-20(15-32-26)17-8-10-23(30-2)24(14-17)31-3/h7-10,13-15,22H,4-6,11-12H2,1-3H3/t22-/m1/s1. The third kappa shape index (κ3) is 2.93. The fourth-order valence-electron chi connectivity index (χ4n) is 5.47. The molecule has 0 saturated carbocycles. The number of benzene rings is 2. The lowest BCUT2D eigenvalue weighted by atomic mass is 9.90. The van der Waals surface area contributed by atoms with Crippen LogP contribution in [0.15, 0.2) is 41.8 Å². The highest BCUT2D eigenvalue weighted by atomic mass is 32.1. The second-order valence-electron chi connectivity index (χ2n) is 8.72. The van der Waals surface area contributed by atoms with E-state index < -0.39 is 0 Å². The zero-order valence-corrected chi connectivity index (χ0v) is 19.5. The van der Waals surface area contributed by atoms with Crippen LogP contribution >= 0.6 is 11.3 Å². The molecule has 0 amide bonds. The van der Waals surface area contributed by atoms with Gasteiger partial charge in [0.25, 0.3) is 0 Å². The van der Waals surface area contributed by atoms with Crippen LogP contribution in [-0.2, 0) is 13.0 Å². The number of ether oxygens (including phenoxy) is 2. The maximum Gasteiger partial charge on any atom is 0.186 e. The van der Waals surface area contributed by atoms with Crippen molar-refractivity contribution in [2.75, 3.05) is 25.7 Å². The highest BCUT2D eigenvalue weighted by Crippen LogP contribution is 2.45. The molecule has 0 spiro atoms. The van der Waals surface area contributed by atoms with Gasteiger partial charge >= 0.3 is 0 Å². The number of hydrogen-bond donors (Lipinski definition) is 0.